The van der Waals surface area contributed by atoms with Crippen LogP contribution in [0.15, 0.2) is 29.1 Å². The zero-order valence-electron chi connectivity index (χ0n) is 16.4. The van der Waals surface area contributed by atoms with Crippen LogP contribution in [0.25, 0.3) is 10.9 Å². The van der Waals surface area contributed by atoms with Gasteiger partial charge in [-0.05, 0) is 44.4 Å². The SMILES string of the molecule is CN(Cc1nc2ccccc2c(=O)[nH]1)C(=O)[C@@H]1CCCN(C2CCOCC2)C1. The number of amides is 1. The van der Waals surface area contributed by atoms with Gasteiger partial charge in [0.1, 0.15) is 5.82 Å². The molecule has 28 heavy (non-hydrogen) atoms. The Bertz CT molecular complexity index is 891. The number of carbonyl (C=O) groups is 1. The van der Waals surface area contributed by atoms with E-state index >= 15 is 0 Å². The molecular formula is C21H28N4O3. The summed E-state index contributed by atoms with van der Waals surface area (Å²) in [7, 11) is 1.80. The molecule has 7 nitrogen and oxygen atoms in total. The monoisotopic (exact) mass is 384 g/mol. The minimum atomic E-state index is -0.162. The van der Waals surface area contributed by atoms with Gasteiger partial charge < -0.3 is 14.6 Å². The number of benzene rings is 1. The van der Waals surface area contributed by atoms with E-state index in [2.05, 4.69) is 14.9 Å². The van der Waals surface area contributed by atoms with Crippen LogP contribution < -0.4 is 5.56 Å². The highest BCUT2D eigenvalue weighted by Gasteiger charge is 2.32. The normalized spacial score (nSPS) is 21.7. The fourth-order valence-electron chi connectivity index (χ4n) is 4.41. The average molecular weight is 384 g/mol. The number of hydrogen-bond donors (Lipinski definition) is 1. The molecule has 2 aliphatic rings. The molecule has 0 spiro atoms. The second kappa shape index (κ2) is 8.41. The van der Waals surface area contributed by atoms with Gasteiger partial charge in [-0.1, -0.05) is 12.1 Å². The summed E-state index contributed by atoms with van der Waals surface area (Å²) in [5.41, 5.74) is 0.496. The number of fused-ring (bicyclic) bond motifs is 1. The first-order valence-electron chi connectivity index (χ1n) is 10.2. The van der Waals surface area contributed by atoms with E-state index in [-0.39, 0.29) is 17.4 Å². The number of aromatic nitrogens is 2. The number of carbonyl (C=O) groups excluding carboxylic acids is 1. The Hall–Kier alpha value is -2.25. The minimum absolute atomic E-state index is 0.00812. The van der Waals surface area contributed by atoms with Crippen molar-refractivity contribution in [2.45, 2.75) is 38.3 Å². The van der Waals surface area contributed by atoms with Crippen LogP contribution in [0.1, 0.15) is 31.5 Å². The molecule has 1 N–H and O–H groups in total. The molecule has 0 radical (unpaired) electrons. The molecule has 0 unspecified atom stereocenters. The molecule has 2 aliphatic heterocycles. The smallest absolute Gasteiger partial charge is 0.258 e. The van der Waals surface area contributed by atoms with Crippen LogP contribution >= 0.6 is 0 Å². The Morgan fingerprint density at radius 3 is 2.89 bits per heavy atom. The van der Waals surface area contributed by atoms with Crippen molar-refractivity contribution in [2.75, 3.05) is 33.4 Å². The average Bonchev–Trinajstić information content (AvgIpc) is 2.74. The summed E-state index contributed by atoms with van der Waals surface area (Å²) in [5, 5.41) is 0.569. The molecule has 0 saturated carbocycles. The number of ether oxygens (including phenoxy) is 1. The van der Waals surface area contributed by atoms with Crippen LogP contribution in [0.4, 0.5) is 0 Å². The standard InChI is InChI=1S/C21H28N4O3/c1-24(14-19-22-18-7-3-2-6-17(18)20(26)23-19)21(27)15-5-4-10-25(13-15)16-8-11-28-12-9-16/h2-3,6-7,15-16H,4-5,8-14H2,1H3,(H,22,23,26)/t15-/m1/s1. The first kappa shape index (κ1) is 19.1. The van der Waals surface area contributed by atoms with E-state index in [1.54, 1.807) is 18.0 Å². The number of para-hydroxylation sites is 1. The molecule has 1 amide bonds. The summed E-state index contributed by atoms with van der Waals surface area (Å²) in [4.78, 5) is 36.8. The second-order valence-electron chi connectivity index (χ2n) is 7.90. The largest absolute Gasteiger partial charge is 0.381 e. The van der Waals surface area contributed by atoms with Gasteiger partial charge in [-0.3, -0.25) is 14.5 Å². The lowest BCUT2D eigenvalue weighted by molar-refractivity contribution is -0.137. The third-order valence-electron chi connectivity index (χ3n) is 5.93. The van der Waals surface area contributed by atoms with E-state index in [4.69, 9.17) is 4.74 Å². The number of nitrogens with zero attached hydrogens (tertiary/aromatic N) is 3. The second-order valence-corrected chi connectivity index (χ2v) is 7.90. The predicted octanol–water partition coefficient (Wildman–Crippen LogP) is 1.77. The van der Waals surface area contributed by atoms with Gasteiger partial charge in [0, 0.05) is 32.8 Å². The van der Waals surface area contributed by atoms with Crippen LogP contribution in [0.3, 0.4) is 0 Å². The number of H-pyrrole nitrogens is 1. The lowest BCUT2D eigenvalue weighted by atomic mass is 9.93. The highest BCUT2D eigenvalue weighted by molar-refractivity contribution is 5.79. The Labute approximate surface area is 164 Å². The van der Waals surface area contributed by atoms with E-state index < -0.39 is 0 Å². The number of piperidine rings is 1. The molecule has 3 heterocycles. The zero-order valence-corrected chi connectivity index (χ0v) is 16.4. The maximum atomic E-state index is 13.0. The molecule has 1 aromatic heterocycles. The van der Waals surface area contributed by atoms with Gasteiger partial charge >= 0.3 is 0 Å². The number of nitrogens with one attached hydrogen (secondary N) is 1. The Morgan fingerprint density at radius 2 is 2.07 bits per heavy atom. The molecule has 1 atom stereocenters. The zero-order chi connectivity index (χ0) is 19.5. The summed E-state index contributed by atoms with van der Waals surface area (Å²) in [6.45, 7) is 3.83. The first-order chi connectivity index (χ1) is 13.6. The van der Waals surface area contributed by atoms with Crippen LogP contribution in [-0.2, 0) is 16.1 Å². The maximum Gasteiger partial charge on any atom is 0.258 e. The third kappa shape index (κ3) is 4.10. The van der Waals surface area contributed by atoms with Crippen LogP contribution in [0, 0.1) is 5.92 Å². The van der Waals surface area contributed by atoms with Gasteiger partial charge in [-0.15, -0.1) is 0 Å². The highest BCUT2D eigenvalue weighted by atomic mass is 16.5. The molecular weight excluding hydrogens is 356 g/mol. The van der Waals surface area contributed by atoms with Crippen LogP contribution in [-0.4, -0.2) is 65.1 Å². The lowest BCUT2D eigenvalue weighted by Gasteiger charge is -2.40. The van der Waals surface area contributed by atoms with Crippen molar-refractivity contribution in [1.82, 2.24) is 19.8 Å². The number of aromatic amines is 1. The van der Waals surface area contributed by atoms with E-state index in [0.29, 0.717) is 29.3 Å². The third-order valence-corrected chi connectivity index (χ3v) is 5.93. The Kier molecular flexibility index (Phi) is 5.73. The summed E-state index contributed by atoms with van der Waals surface area (Å²) in [6.07, 6.45) is 4.08. The lowest BCUT2D eigenvalue weighted by Crippen LogP contribution is -2.48. The van der Waals surface area contributed by atoms with Gasteiger partial charge in [-0.25, -0.2) is 4.98 Å². The van der Waals surface area contributed by atoms with Crippen molar-refractivity contribution >= 4 is 16.8 Å². The number of hydrogen-bond acceptors (Lipinski definition) is 5. The summed E-state index contributed by atoms with van der Waals surface area (Å²) in [6, 6.07) is 7.80. The molecule has 4 rings (SSSR count). The molecule has 7 heteroatoms. The maximum absolute atomic E-state index is 13.0. The van der Waals surface area contributed by atoms with Crippen molar-refractivity contribution < 1.29 is 9.53 Å². The quantitative estimate of drug-likeness (QED) is 0.869. The summed E-state index contributed by atoms with van der Waals surface area (Å²) in [5.74, 6) is 0.665. The van der Waals surface area contributed by atoms with E-state index in [9.17, 15) is 9.59 Å². The fraction of sp³-hybridized carbons (Fsp3) is 0.571. The Balaban J connectivity index is 1.42. The van der Waals surface area contributed by atoms with Crippen LogP contribution in [0.5, 0.6) is 0 Å². The molecule has 150 valence electrons. The molecule has 1 aromatic carbocycles. The molecule has 2 saturated heterocycles. The summed E-state index contributed by atoms with van der Waals surface area (Å²) >= 11 is 0. The topological polar surface area (TPSA) is 78.5 Å². The molecule has 2 aromatic rings. The van der Waals surface area contributed by atoms with E-state index in [0.717, 1.165) is 52.0 Å². The van der Waals surface area contributed by atoms with Gasteiger partial charge in [0.15, 0.2) is 0 Å². The van der Waals surface area contributed by atoms with E-state index in [1.165, 1.54) is 0 Å². The Morgan fingerprint density at radius 1 is 1.29 bits per heavy atom. The van der Waals surface area contributed by atoms with Crippen molar-refractivity contribution in [3.05, 3.63) is 40.4 Å². The molecule has 0 bridgehead atoms. The van der Waals surface area contributed by atoms with Gasteiger partial charge in [0.25, 0.3) is 5.56 Å². The fourth-order valence-corrected chi connectivity index (χ4v) is 4.41. The van der Waals surface area contributed by atoms with Gasteiger partial charge in [-0.2, -0.15) is 0 Å². The highest BCUT2D eigenvalue weighted by Crippen LogP contribution is 2.24. The van der Waals surface area contributed by atoms with Crippen molar-refractivity contribution in [3.8, 4) is 0 Å². The van der Waals surface area contributed by atoms with Crippen molar-refractivity contribution in [2.24, 2.45) is 5.92 Å². The van der Waals surface area contributed by atoms with E-state index in [1.807, 2.05) is 18.2 Å². The minimum Gasteiger partial charge on any atom is -0.381 e. The number of rotatable bonds is 4. The first-order valence-corrected chi connectivity index (χ1v) is 10.2. The summed E-state index contributed by atoms with van der Waals surface area (Å²) < 4.78 is 5.47. The van der Waals surface area contributed by atoms with Crippen LogP contribution in [0.2, 0.25) is 0 Å². The van der Waals surface area contributed by atoms with Gasteiger partial charge in [0.2, 0.25) is 5.91 Å². The van der Waals surface area contributed by atoms with Crippen molar-refractivity contribution in [3.63, 3.8) is 0 Å². The van der Waals surface area contributed by atoms with Crippen molar-refractivity contribution in [1.29, 1.82) is 0 Å². The molecule has 2 fully saturated rings. The van der Waals surface area contributed by atoms with Gasteiger partial charge in [0.05, 0.1) is 23.4 Å². The predicted molar refractivity (Wildman–Crippen MR) is 107 cm³/mol. The number of likely N-dealkylation sites (tertiary alicyclic amines) is 1. The molecule has 0 aliphatic carbocycles.